The molecule has 0 fully saturated rings. The smallest absolute Gasteiger partial charge is 0.222 e. The van der Waals surface area contributed by atoms with Crippen LogP contribution in [0, 0.1) is 0 Å². The first kappa shape index (κ1) is 12.7. The van der Waals surface area contributed by atoms with Gasteiger partial charge in [-0.1, -0.05) is 13.8 Å². The first-order valence-corrected chi connectivity index (χ1v) is 6.84. The van der Waals surface area contributed by atoms with Crippen LogP contribution in [0.15, 0.2) is 18.3 Å². The average molecular weight is 270 g/mol. The Hall–Kier alpha value is -2.37. The lowest BCUT2D eigenvalue weighted by Gasteiger charge is -2.11. The minimum absolute atomic E-state index is 0.196. The lowest BCUT2D eigenvalue weighted by molar-refractivity contribution is 0.431. The van der Waals surface area contributed by atoms with Crippen molar-refractivity contribution in [3.63, 3.8) is 0 Å². The van der Waals surface area contributed by atoms with Gasteiger partial charge in [-0.3, -0.25) is 4.68 Å². The Morgan fingerprint density at radius 2 is 1.80 bits per heavy atom. The van der Waals surface area contributed by atoms with Gasteiger partial charge >= 0.3 is 0 Å². The van der Waals surface area contributed by atoms with Crippen molar-refractivity contribution in [2.75, 3.05) is 11.5 Å². The largest absolute Gasteiger partial charge is 0.383 e. The third-order valence-electron chi connectivity index (χ3n) is 3.73. The molecule has 104 valence electrons. The Morgan fingerprint density at radius 3 is 2.50 bits per heavy atom. The number of benzene rings is 1. The highest BCUT2D eigenvalue weighted by Gasteiger charge is 2.13. The third-order valence-corrected chi connectivity index (χ3v) is 3.73. The zero-order chi connectivity index (χ0) is 14.3. The molecule has 4 N–H and O–H groups in total. The normalized spacial score (nSPS) is 11.8. The van der Waals surface area contributed by atoms with E-state index < -0.39 is 0 Å². The summed E-state index contributed by atoms with van der Waals surface area (Å²) in [5, 5.41) is 6.45. The van der Waals surface area contributed by atoms with Crippen LogP contribution in [0.1, 0.15) is 32.7 Å². The van der Waals surface area contributed by atoms with Gasteiger partial charge in [0.05, 0.1) is 22.5 Å². The molecule has 0 aliphatic rings. The monoisotopic (exact) mass is 270 g/mol. The summed E-state index contributed by atoms with van der Waals surface area (Å²) in [5.74, 6) is 0.601. The van der Waals surface area contributed by atoms with Gasteiger partial charge in [0.1, 0.15) is 5.82 Å². The lowest BCUT2D eigenvalue weighted by Crippen LogP contribution is -2.06. The van der Waals surface area contributed by atoms with E-state index in [1.54, 1.807) is 0 Å². The summed E-state index contributed by atoms with van der Waals surface area (Å²) in [6.45, 7) is 4.33. The zero-order valence-corrected chi connectivity index (χ0v) is 11.7. The predicted molar refractivity (Wildman–Crippen MR) is 81.3 cm³/mol. The van der Waals surface area contributed by atoms with Crippen LogP contribution in [0.25, 0.3) is 21.8 Å². The van der Waals surface area contributed by atoms with E-state index in [0.29, 0.717) is 11.9 Å². The molecular weight excluding hydrogens is 252 g/mol. The molecule has 0 atom stereocenters. The second-order valence-corrected chi connectivity index (χ2v) is 4.94. The quantitative estimate of drug-likeness (QED) is 0.762. The lowest BCUT2D eigenvalue weighted by atomic mass is 10.1. The van der Waals surface area contributed by atoms with Crippen molar-refractivity contribution >= 4 is 33.6 Å². The van der Waals surface area contributed by atoms with Crippen LogP contribution < -0.4 is 11.5 Å². The Morgan fingerprint density at radius 1 is 1.10 bits per heavy atom. The molecule has 3 aromatic rings. The van der Waals surface area contributed by atoms with Crippen molar-refractivity contribution in [3.8, 4) is 0 Å². The summed E-state index contributed by atoms with van der Waals surface area (Å²) in [4.78, 5) is 8.28. The van der Waals surface area contributed by atoms with E-state index >= 15 is 0 Å². The highest BCUT2D eigenvalue weighted by atomic mass is 15.3. The van der Waals surface area contributed by atoms with Crippen LogP contribution in [0.4, 0.5) is 11.8 Å². The van der Waals surface area contributed by atoms with E-state index in [0.717, 1.165) is 34.6 Å². The molecule has 0 amide bonds. The van der Waals surface area contributed by atoms with Crippen LogP contribution >= 0.6 is 0 Å². The highest BCUT2D eigenvalue weighted by molar-refractivity contribution is 6.09. The van der Waals surface area contributed by atoms with Gasteiger partial charge < -0.3 is 11.5 Å². The number of aromatic nitrogens is 4. The van der Waals surface area contributed by atoms with Crippen molar-refractivity contribution in [1.29, 1.82) is 0 Å². The van der Waals surface area contributed by atoms with Crippen LogP contribution in [0.5, 0.6) is 0 Å². The van der Waals surface area contributed by atoms with Crippen molar-refractivity contribution in [3.05, 3.63) is 18.3 Å². The minimum atomic E-state index is 0.196. The van der Waals surface area contributed by atoms with Gasteiger partial charge in [-0.25, -0.2) is 4.98 Å². The Balaban J connectivity index is 2.31. The molecule has 3 rings (SSSR count). The molecule has 0 saturated carbocycles. The number of hydrogen-bond acceptors (Lipinski definition) is 5. The van der Waals surface area contributed by atoms with E-state index in [1.807, 2.05) is 23.0 Å². The summed E-state index contributed by atoms with van der Waals surface area (Å²) >= 11 is 0. The van der Waals surface area contributed by atoms with Crippen LogP contribution in [0.2, 0.25) is 0 Å². The maximum absolute atomic E-state index is 6.01. The summed E-state index contributed by atoms with van der Waals surface area (Å²) in [5.41, 5.74) is 13.3. The van der Waals surface area contributed by atoms with E-state index in [-0.39, 0.29) is 5.95 Å². The van der Waals surface area contributed by atoms with Crippen LogP contribution in [-0.4, -0.2) is 19.7 Å². The Bertz CT molecular complexity index is 772. The van der Waals surface area contributed by atoms with Gasteiger partial charge in [-0.2, -0.15) is 10.1 Å². The number of nitrogens with two attached hydrogens (primary N) is 2. The molecular formula is C14H18N6. The summed E-state index contributed by atoms with van der Waals surface area (Å²) in [7, 11) is 0. The molecule has 0 spiro atoms. The SMILES string of the molecule is CCC(CC)n1cc2c(ccc3nc(N)nc(N)c32)n1. The third kappa shape index (κ3) is 1.84. The fourth-order valence-corrected chi connectivity index (χ4v) is 2.64. The van der Waals surface area contributed by atoms with Crippen molar-refractivity contribution in [1.82, 2.24) is 19.7 Å². The fraction of sp³-hybridized carbons (Fsp3) is 0.357. The van der Waals surface area contributed by atoms with Gasteiger partial charge in [0.15, 0.2) is 0 Å². The summed E-state index contributed by atoms with van der Waals surface area (Å²) < 4.78 is 2.01. The molecule has 6 nitrogen and oxygen atoms in total. The van der Waals surface area contributed by atoms with Crippen molar-refractivity contribution < 1.29 is 0 Å². The number of anilines is 2. The number of fused-ring (bicyclic) bond motifs is 3. The zero-order valence-electron chi connectivity index (χ0n) is 11.7. The maximum atomic E-state index is 6.01. The van der Waals surface area contributed by atoms with Gasteiger partial charge in [0.2, 0.25) is 5.95 Å². The van der Waals surface area contributed by atoms with E-state index in [2.05, 4.69) is 28.9 Å². The topological polar surface area (TPSA) is 95.6 Å². The van der Waals surface area contributed by atoms with Gasteiger partial charge in [-0.15, -0.1) is 0 Å². The second-order valence-electron chi connectivity index (χ2n) is 4.94. The highest BCUT2D eigenvalue weighted by Crippen LogP contribution is 2.29. The van der Waals surface area contributed by atoms with E-state index in [1.165, 1.54) is 0 Å². The molecule has 6 heteroatoms. The molecule has 1 aromatic carbocycles. The van der Waals surface area contributed by atoms with Crippen LogP contribution in [0.3, 0.4) is 0 Å². The number of hydrogen-bond donors (Lipinski definition) is 2. The molecule has 0 unspecified atom stereocenters. The van der Waals surface area contributed by atoms with Crippen molar-refractivity contribution in [2.45, 2.75) is 32.7 Å². The molecule has 0 aliphatic heterocycles. The predicted octanol–water partition coefficient (Wildman–Crippen LogP) is 2.50. The average Bonchev–Trinajstić information content (AvgIpc) is 2.83. The van der Waals surface area contributed by atoms with Gasteiger partial charge in [0, 0.05) is 11.6 Å². The minimum Gasteiger partial charge on any atom is -0.383 e. The molecule has 0 aliphatic carbocycles. The number of nitrogens with zero attached hydrogens (tertiary/aromatic N) is 4. The van der Waals surface area contributed by atoms with E-state index in [4.69, 9.17) is 11.5 Å². The summed E-state index contributed by atoms with van der Waals surface area (Å²) in [6, 6.07) is 4.23. The second kappa shape index (κ2) is 4.63. The van der Waals surface area contributed by atoms with E-state index in [9.17, 15) is 0 Å². The first-order chi connectivity index (χ1) is 9.63. The number of nitrogen functional groups attached to an aromatic ring is 2. The molecule has 20 heavy (non-hydrogen) atoms. The Kier molecular flexibility index (Phi) is 2.93. The summed E-state index contributed by atoms with van der Waals surface area (Å²) in [6.07, 6.45) is 4.12. The standard InChI is InChI=1S/C14H18N6/c1-3-8(4-2)20-7-9-10(19-20)5-6-11-12(9)13(15)18-14(16)17-11/h5-8H,3-4H2,1-2H3,(H4,15,16,17,18). The number of rotatable bonds is 3. The molecule has 0 radical (unpaired) electrons. The molecule has 0 bridgehead atoms. The molecule has 2 heterocycles. The Labute approximate surface area is 116 Å². The van der Waals surface area contributed by atoms with Gasteiger partial charge in [-0.05, 0) is 25.0 Å². The van der Waals surface area contributed by atoms with Crippen molar-refractivity contribution in [2.24, 2.45) is 0 Å². The van der Waals surface area contributed by atoms with Crippen LogP contribution in [-0.2, 0) is 0 Å². The first-order valence-electron chi connectivity index (χ1n) is 6.84. The maximum Gasteiger partial charge on any atom is 0.222 e. The molecule has 0 saturated heterocycles. The van der Waals surface area contributed by atoms with Gasteiger partial charge in [0.25, 0.3) is 0 Å². The molecule has 2 aromatic heterocycles. The fourth-order valence-electron chi connectivity index (χ4n) is 2.64.